The molecule has 11 heteroatoms. The van der Waals surface area contributed by atoms with E-state index >= 15 is 0 Å². The van der Waals surface area contributed by atoms with Crippen molar-refractivity contribution < 1.29 is 28.7 Å². The lowest BCUT2D eigenvalue weighted by molar-refractivity contribution is -0.122. The third kappa shape index (κ3) is 23.1. The van der Waals surface area contributed by atoms with E-state index in [0.29, 0.717) is 32.2 Å². The maximum Gasteiger partial charge on any atom is 0.407 e. The highest BCUT2D eigenvalue weighted by Crippen LogP contribution is 2.20. The van der Waals surface area contributed by atoms with E-state index in [1.165, 1.54) is 0 Å². The summed E-state index contributed by atoms with van der Waals surface area (Å²) in [7, 11) is 0. The average Bonchev–Trinajstić information content (AvgIpc) is 2.72. The maximum absolute atomic E-state index is 12.5. The number of hydrogen-bond donors (Lipinski definition) is 5. The zero-order chi connectivity index (χ0) is 30.3. The molecule has 0 spiro atoms. The second-order valence-electron chi connectivity index (χ2n) is 12.9. The van der Waals surface area contributed by atoms with Gasteiger partial charge in [-0.25, -0.2) is 9.59 Å². The van der Waals surface area contributed by atoms with Crippen molar-refractivity contribution >= 4 is 24.0 Å². The highest BCUT2D eigenvalue weighted by atomic mass is 16.6. The Kier molecular flexibility index (Phi) is 16.1. The molecule has 11 nitrogen and oxygen atoms in total. The Morgan fingerprint density at radius 1 is 0.744 bits per heavy atom. The Balaban J connectivity index is 4.57. The highest BCUT2D eigenvalue weighted by Gasteiger charge is 2.22. The van der Waals surface area contributed by atoms with Crippen LogP contribution >= 0.6 is 0 Å². The fourth-order valence-corrected chi connectivity index (χ4v) is 3.36. The summed E-state index contributed by atoms with van der Waals surface area (Å²) >= 11 is 0. The van der Waals surface area contributed by atoms with E-state index in [1.807, 2.05) is 0 Å². The molecule has 0 aromatic heterocycles. The summed E-state index contributed by atoms with van der Waals surface area (Å²) < 4.78 is 10.5. The molecule has 0 unspecified atom stereocenters. The quantitative estimate of drug-likeness (QED) is 0.193. The number of carbonyl (C=O) groups excluding carboxylic acids is 4. The van der Waals surface area contributed by atoms with Crippen LogP contribution in [0.1, 0.15) is 101 Å². The number of alkyl carbamates (subject to hydrolysis) is 2. The van der Waals surface area contributed by atoms with Gasteiger partial charge in [-0.05, 0) is 85.5 Å². The predicted octanol–water partition coefficient (Wildman–Crippen LogP) is 3.56. The molecular weight excluding hydrogens is 502 g/mol. The number of hydrogen-bond acceptors (Lipinski definition) is 7. The molecule has 0 aliphatic heterocycles. The molecule has 0 saturated heterocycles. The molecular formula is C28H54N5O6. The van der Waals surface area contributed by atoms with E-state index in [-0.39, 0.29) is 36.7 Å². The number of rotatable bonds is 15. The number of nitrogens with one attached hydrogen (secondary N) is 4. The fourth-order valence-electron chi connectivity index (χ4n) is 3.36. The van der Waals surface area contributed by atoms with Gasteiger partial charge in [0.1, 0.15) is 11.2 Å². The topological polar surface area (TPSA) is 161 Å². The van der Waals surface area contributed by atoms with Crippen LogP contribution in [0.2, 0.25) is 0 Å². The fraction of sp³-hybridized carbons (Fsp3) is 0.821. The molecule has 1 radical (unpaired) electrons. The van der Waals surface area contributed by atoms with Gasteiger partial charge in [-0.2, -0.15) is 0 Å². The van der Waals surface area contributed by atoms with E-state index in [1.54, 1.807) is 41.5 Å². The second-order valence-corrected chi connectivity index (χ2v) is 12.9. The molecule has 0 saturated carbocycles. The van der Waals surface area contributed by atoms with Crippen LogP contribution in [0, 0.1) is 11.8 Å². The molecule has 0 heterocycles. The summed E-state index contributed by atoms with van der Waals surface area (Å²) in [4.78, 5) is 48.7. The lowest BCUT2D eigenvalue weighted by Crippen LogP contribution is -2.43. The minimum Gasteiger partial charge on any atom is -0.444 e. The number of nitrogens with two attached hydrogens (primary N) is 1. The SMILES string of the molecule is CC(C)(C)[CH]CC[C@H](N)C(=O)NCCCC[C@@H](CC(=O)NCCNC(=O)OC(C)(C)C)NC(=O)OC(C)(C)C. The first kappa shape index (κ1) is 36.4. The summed E-state index contributed by atoms with van der Waals surface area (Å²) in [5.41, 5.74) is 4.81. The average molecular weight is 557 g/mol. The van der Waals surface area contributed by atoms with Crippen LogP contribution in [0.25, 0.3) is 0 Å². The van der Waals surface area contributed by atoms with Crippen LogP contribution < -0.4 is 27.0 Å². The van der Waals surface area contributed by atoms with Crippen molar-refractivity contribution in [1.29, 1.82) is 0 Å². The molecule has 227 valence electrons. The highest BCUT2D eigenvalue weighted by molar-refractivity contribution is 5.81. The third-order valence-electron chi connectivity index (χ3n) is 5.12. The van der Waals surface area contributed by atoms with Crippen molar-refractivity contribution in [2.75, 3.05) is 19.6 Å². The smallest absolute Gasteiger partial charge is 0.407 e. The first-order valence-corrected chi connectivity index (χ1v) is 13.9. The lowest BCUT2D eigenvalue weighted by Gasteiger charge is -2.23. The van der Waals surface area contributed by atoms with E-state index in [2.05, 4.69) is 48.5 Å². The van der Waals surface area contributed by atoms with Gasteiger partial charge >= 0.3 is 12.2 Å². The zero-order valence-electron chi connectivity index (χ0n) is 25.6. The monoisotopic (exact) mass is 556 g/mol. The predicted molar refractivity (Wildman–Crippen MR) is 153 cm³/mol. The Morgan fingerprint density at radius 3 is 1.87 bits per heavy atom. The summed E-state index contributed by atoms with van der Waals surface area (Å²) in [5.74, 6) is -0.450. The van der Waals surface area contributed by atoms with Gasteiger partial charge < -0.3 is 36.5 Å². The number of ether oxygens (including phenoxy) is 2. The Bertz CT molecular complexity index is 768. The van der Waals surface area contributed by atoms with Gasteiger partial charge in [0, 0.05) is 32.1 Å². The van der Waals surface area contributed by atoms with Crippen molar-refractivity contribution in [1.82, 2.24) is 21.3 Å². The van der Waals surface area contributed by atoms with Gasteiger partial charge in [0.2, 0.25) is 11.8 Å². The molecule has 2 atom stereocenters. The summed E-state index contributed by atoms with van der Waals surface area (Å²) in [5, 5.41) is 10.9. The van der Waals surface area contributed by atoms with Gasteiger partial charge in [0.15, 0.2) is 0 Å². The molecule has 0 fully saturated rings. The van der Waals surface area contributed by atoms with E-state index in [9.17, 15) is 19.2 Å². The van der Waals surface area contributed by atoms with Crippen LogP contribution in [0.4, 0.5) is 9.59 Å². The summed E-state index contributed by atoms with van der Waals surface area (Å²) in [6, 6.07) is -1.01. The Morgan fingerprint density at radius 2 is 1.31 bits per heavy atom. The molecule has 6 N–H and O–H groups in total. The molecule has 39 heavy (non-hydrogen) atoms. The van der Waals surface area contributed by atoms with Gasteiger partial charge in [-0.3, -0.25) is 9.59 Å². The lowest BCUT2D eigenvalue weighted by atomic mass is 9.89. The summed E-state index contributed by atoms with van der Waals surface area (Å²) in [6.07, 6.45) is 4.27. The molecule has 0 aliphatic rings. The van der Waals surface area contributed by atoms with Gasteiger partial charge in [-0.1, -0.05) is 20.8 Å². The zero-order valence-corrected chi connectivity index (χ0v) is 25.6. The standard InChI is InChI=1S/C28H54N5O6/c1-26(2,3)15-12-14-21(29)23(35)31-16-11-10-13-20(33-25(37)39-28(7,8)9)19-22(34)30-17-18-32-24(36)38-27(4,5)6/h15,20-21H,10-14,16-19,29H2,1-9H3,(H,30,34)(H,31,35)(H,32,36)(H,33,37)/t20-,21-/m0/s1. The van der Waals surface area contributed by atoms with Crippen molar-refractivity contribution in [2.45, 2.75) is 124 Å². The molecule has 0 bridgehead atoms. The third-order valence-corrected chi connectivity index (χ3v) is 5.12. The Labute approximate surface area is 235 Å². The first-order chi connectivity index (χ1) is 17.8. The van der Waals surface area contributed by atoms with E-state index < -0.39 is 35.5 Å². The number of amides is 4. The van der Waals surface area contributed by atoms with Crippen LogP contribution in [-0.2, 0) is 19.1 Å². The van der Waals surface area contributed by atoms with Crippen LogP contribution in [-0.4, -0.2) is 66.9 Å². The van der Waals surface area contributed by atoms with Crippen molar-refractivity contribution in [3.05, 3.63) is 6.42 Å². The van der Waals surface area contributed by atoms with E-state index in [0.717, 1.165) is 6.42 Å². The van der Waals surface area contributed by atoms with Gasteiger partial charge in [0.25, 0.3) is 0 Å². The summed E-state index contributed by atoms with van der Waals surface area (Å²) in [6.45, 7) is 17.8. The number of carbonyl (C=O) groups is 4. The van der Waals surface area contributed by atoms with Gasteiger partial charge in [0.05, 0.1) is 6.04 Å². The minimum atomic E-state index is -0.669. The van der Waals surface area contributed by atoms with Crippen molar-refractivity contribution in [2.24, 2.45) is 11.1 Å². The van der Waals surface area contributed by atoms with Crippen LogP contribution in [0.5, 0.6) is 0 Å². The normalized spacial score (nSPS) is 13.6. The molecule has 0 aliphatic carbocycles. The Hall–Kier alpha value is -2.56. The second kappa shape index (κ2) is 17.2. The molecule has 4 amide bonds. The molecule has 0 rings (SSSR count). The van der Waals surface area contributed by atoms with E-state index in [4.69, 9.17) is 15.2 Å². The minimum absolute atomic E-state index is 0.0488. The van der Waals surface area contributed by atoms with Crippen LogP contribution in [0.3, 0.4) is 0 Å². The molecule has 0 aromatic rings. The maximum atomic E-state index is 12.5. The van der Waals surface area contributed by atoms with Crippen LogP contribution in [0.15, 0.2) is 0 Å². The van der Waals surface area contributed by atoms with Crippen molar-refractivity contribution in [3.63, 3.8) is 0 Å². The van der Waals surface area contributed by atoms with Gasteiger partial charge in [-0.15, -0.1) is 0 Å². The largest absolute Gasteiger partial charge is 0.444 e. The van der Waals surface area contributed by atoms with Crippen molar-refractivity contribution in [3.8, 4) is 0 Å². The number of unbranched alkanes of at least 4 members (excludes halogenated alkanes) is 1. The first-order valence-electron chi connectivity index (χ1n) is 13.9. The molecule has 0 aromatic carbocycles.